The predicted molar refractivity (Wildman–Crippen MR) is 96.2 cm³/mol. The Labute approximate surface area is 147 Å². The molecule has 2 aromatic rings. The van der Waals surface area contributed by atoms with Crippen molar-refractivity contribution in [3.05, 3.63) is 59.7 Å². The van der Waals surface area contributed by atoms with E-state index in [-0.39, 0.29) is 22.9 Å². The highest BCUT2D eigenvalue weighted by atomic mass is 32.2. The first-order valence-electron chi connectivity index (χ1n) is 8.49. The monoisotopic (exact) mass is 356 g/mol. The molecule has 2 aromatic carbocycles. The Morgan fingerprint density at radius 1 is 1.12 bits per heavy atom. The average molecular weight is 356 g/mol. The Morgan fingerprint density at radius 2 is 1.84 bits per heavy atom. The lowest BCUT2D eigenvalue weighted by Gasteiger charge is -2.23. The highest BCUT2D eigenvalue weighted by Gasteiger charge is 2.33. The first-order chi connectivity index (χ1) is 12.0. The van der Waals surface area contributed by atoms with Gasteiger partial charge in [0.2, 0.25) is 10.0 Å². The van der Waals surface area contributed by atoms with Crippen LogP contribution in [0.4, 0.5) is 5.69 Å². The second-order valence-electron chi connectivity index (χ2n) is 6.78. The summed E-state index contributed by atoms with van der Waals surface area (Å²) in [5.74, 6) is -0.0569. The molecule has 1 N–H and O–H groups in total. The first kappa shape index (κ1) is 16.3. The minimum absolute atomic E-state index is 0.00273. The Bertz CT molecular complexity index is 921. The number of hydrogen-bond donors (Lipinski definition) is 1. The molecule has 130 valence electrons. The van der Waals surface area contributed by atoms with Gasteiger partial charge in [-0.1, -0.05) is 18.2 Å². The van der Waals surface area contributed by atoms with Crippen LogP contribution in [-0.2, 0) is 16.4 Å². The van der Waals surface area contributed by atoms with Crippen LogP contribution >= 0.6 is 0 Å². The lowest BCUT2D eigenvalue weighted by Crippen LogP contribution is -2.35. The largest absolute Gasteiger partial charge is 0.305 e. The molecular formula is C19H20N2O3S. The minimum Gasteiger partial charge on any atom is -0.305 e. The van der Waals surface area contributed by atoms with Crippen molar-refractivity contribution in [3.63, 3.8) is 0 Å². The molecule has 0 unspecified atom stereocenters. The van der Waals surface area contributed by atoms with Gasteiger partial charge >= 0.3 is 0 Å². The highest BCUT2D eigenvalue weighted by Crippen LogP contribution is 2.35. The molecule has 6 heteroatoms. The molecule has 1 aliphatic carbocycles. The Kier molecular flexibility index (Phi) is 3.89. The van der Waals surface area contributed by atoms with Gasteiger partial charge in [0.25, 0.3) is 5.91 Å². The van der Waals surface area contributed by atoms with E-state index in [1.54, 1.807) is 35.2 Å². The molecule has 1 heterocycles. The fourth-order valence-electron chi connectivity index (χ4n) is 3.29. The Hall–Kier alpha value is -2.18. The van der Waals surface area contributed by atoms with Crippen molar-refractivity contribution in [1.29, 1.82) is 0 Å². The molecule has 1 saturated carbocycles. The maximum Gasteiger partial charge on any atom is 0.258 e. The number of sulfonamides is 1. The summed E-state index contributed by atoms with van der Waals surface area (Å²) < 4.78 is 27.5. The molecule has 0 bridgehead atoms. The van der Waals surface area contributed by atoms with Crippen molar-refractivity contribution in [1.82, 2.24) is 4.72 Å². The van der Waals surface area contributed by atoms with Gasteiger partial charge in [0.1, 0.15) is 0 Å². The molecular weight excluding hydrogens is 336 g/mol. The lowest BCUT2D eigenvalue weighted by molar-refractivity contribution is 0.0981. The number of nitrogens with zero attached hydrogens (tertiary/aromatic N) is 1. The SMILES string of the molecule is C[C@H]1Cc2cc(S(=O)(=O)NC3CC3)ccc2N1C(=O)c1ccccc1. The van der Waals surface area contributed by atoms with E-state index in [1.807, 2.05) is 25.1 Å². The summed E-state index contributed by atoms with van der Waals surface area (Å²) in [6, 6.07) is 14.3. The number of rotatable bonds is 4. The van der Waals surface area contributed by atoms with Gasteiger partial charge in [-0.15, -0.1) is 0 Å². The standard InChI is InChI=1S/C19H20N2O3S/c1-13-11-15-12-17(25(23,24)20-16-7-8-16)9-10-18(15)21(13)19(22)14-5-3-2-4-6-14/h2-6,9-10,12-13,16,20H,7-8,11H2,1H3/t13-/m0/s1. The van der Waals surface area contributed by atoms with Gasteiger partial charge < -0.3 is 4.90 Å². The van der Waals surface area contributed by atoms with Gasteiger partial charge in [0.05, 0.1) is 4.90 Å². The van der Waals surface area contributed by atoms with Crippen LogP contribution in [0.15, 0.2) is 53.4 Å². The molecule has 0 aromatic heterocycles. The summed E-state index contributed by atoms with van der Waals surface area (Å²) in [6.45, 7) is 1.98. The molecule has 5 nitrogen and oxygen atoms in total. The zero-order valence-electron chi connectivity index (χ0n) is 14.0. The van der Waals surface area contributed by atoms with Crippen LogP contribution in [0.3, 0.4) is 0 Å². The number of anilines is 1. The van der Waals surface area contributed by atoms with Gasteiger partial charge in [-0.25, -0.2) is 13.1 Å². The smallest absolute Gasteiger partial charge is 0.258 e. The van der Waals surface area contributed by atoms with E-state index in [1.165, 1.54) is 0 Å². The second-order valence-corrected chi connectivity index (χ2v) is 8.49. The third kappa shape index (κ3) is 3.07. The van der Waals surface area contributed by atoms with Crippen molar-refractivity contribution in [2.24, 2.45) is 0 Å². The molecule has 2 aliphatic rings. The summed E-state index contributed by atoms with van der Waals surface area (Å²) in [7, 11) is -3.48. The van der Waals surface area contributed by atoms with E-state index in [4.69, 9.17) is 0 Å². The summed E-state index contributed by atoms with van der Waals surface area (Å²) >= 11 is 0. The Morgan fingerprint density at radius 3 is 2.52 bits per heavy atom. The number of carbonyl (C=O) groups excluding carboxylic acids is 1. The van der Waals surface area contributed by atoms with Crippen LogP contribution < -0.4 is 9.62 Å². The highest BCUT2D eigenvalue weighted by molar-refractivity contribution is 7.89. The average Bonchev–Trinajstić information content (AvgIpc) is 3.33. The van der Waals surface area contributed by atoms with Crippen LogP contribution in [0.25, 0.3) is 0 Å². The number of hydrogen-bond acceptors (Lipinski definition) is 3. The van der Waals surface area contributed by atoms with Crippen LogP contribution in [0.2, 0.25) is 0 Å². The van der Waals surface area contributed by atoms with Gasteiger partial charge in [-0.3, -0.25) is 4.79 Å². The first-order valence-corrected chi connectivity index (χ1v) is 9.98. The summed E-state index contributed by atoms with van der Waals surface area (Å²) in [4.78, 5) is 14.9. The number of fused-ring (bicyclic) bond motifs is 1. The topological polar surface area (TPSA) is 66.5 Å². The molecule has 1 fully saturated rings. The van der Waals surface area contributed by atoms with Gasteiger partial charge in [-0.05, 0) is 62.1 Å². The molecule has 0 radical (unpaired) electrons. The van der Waals surface area contributed by atoms with Crippen LogP contribution in [0.1, 0.15) is 35.7 Å². The van der Waals surface area contributed by atoms with Gasteiger partial charge in [-0.2, -0.15) is 0 Å². The van der Waals surface area contributed by atoms with Gasteiger partial charge in [0.15, 0.2) is 0 Å². The summed E-state index contributed by atoms with van der Waals surface area (Å²) in [5, 5.41) is 0. The summed E-state index contributed by atoms with van der Waals surface area (Å²) in [5.41, 5.74) is 2.33. The molecule has 0 spiro atoms. The number of nitrogens with one attached hydrogen (secondary N) is 1. The number of carbonyl (C=O) groups is 1. The normalized spacial score (nSPS) is 19.7. The molecule has 0 saturated heterocycles. The van der Waals surface area contributed by atoms with Crippen molar-refractivity contribution >= 4 is 21.6 Å². The Balaban J connectivity index is 1.66. The van der Waals surface area contributed by atoms with E-state index in [9.17, 15) is 13.2 Å². The van der Waals surface area contributed by atoms with Crippen molar-refractivity contribution in [2.45, 2.75) is 43.2 Å². The van der Waals surface area contributed by atoms with E-state index in [0.717, 1.165) is 24.1 Å². The maximum absolute atomic E-state index is 12.9. The molecule has 1 aliphatic heterocycles. The lowest BCUT2D eigenvalue weighted by atomic mass is 10.1. The number of amides is 1. The predicted octanol–water partition coefficient (Wildman–Crippen LogP) is 2.72. The van der Waals surface area contributed by atoms with Crippen LogP contribution in [0, 0.1) is 0 Å². The quantitative estimate of drug-likeness (QED) is 0.916. The second kappa shape index (κ2) is 5.97. The van der Waals surface area contributed by atoms with Crippen LogP contribution in [-0.4, -0.2) is 26.4 Å². The van der Waals surface area contributed by atoms with Crippen molar-refractivity contribution < 1.29 is 13.2 Å². The maximum atomic E-state index is 12.9. The molecule has 1 atom stereocenters. The van der Waals surface area contributed by atoms with Crippen LogP contribution in [0.5, 0.6) is 0 Å². The molecule has 4 rings (SSSR count). The van der Waals surface area contributed by atoms with E-state index >= 15 is 0 Å². The van der Waals surface area contributed by atoms with Gasteiger partial charge in [0, 0.05) is 23.3 Å². The third-order valence-corrected chi connectivity index (χ3v) is 6.23. The van der Waals surface area contributed by atoms with Crippen molar-refractivity contribution in [2.75, 3.05) is 4.90 Å². The minimum atomic E-state index is -3.48. The van der Waals surface area contributed by atoms with E-state index in [2.05, 4.69) is 4.72 Å². The number of benzene rings is 2. The summed E-state index contributed by atoms with van der Waals surface area (Å²) in [6.07, 6.45) is 2.46. The fourth-order valence-corrected chi connectivity index (χ4v) is 4.65. The molecule has 25 heavy (non-hydrogen) atoms. The van der Waals surface area contributed by atoms with Crippen molar-refractivity contribution in [3.8, 4) is 0 Å². The fraction of sp³-hybridized carbons (Fsp3) is 0.316. The van der Waals surface area contributed by atoms with E-state index < -0.39 is 10.0 Å². The zero-order valence-corrected chi connectivity index (χ0v) is 14.8. The zero-order chi connectivity index (χ0) is 17.6. The third-order valence-electron chi connectivity index (χ3n) is 4.72. The molecule has 1 amide bonds. The van der Waals surface area contributed by atoms with E-state index in [0.29, 0.717) is 12.0 Å².